The predicted molar refractivity (Wildman–Crippen MR) is 109 cm³/mol. The Morgan fingerprint density at radius 2 is 1.89 bits per heavy atom. The molecule has 0 fully saturated rings. The lowest BCUT2D eigenvalue weighted by Crippen LogP contribution is -2.39. The van der Waals surface area contributed by atoms with Gasteiger partial charge >= 0.3 is 0 Å². The molecule has 2 aromatic carbocycles. The van der Waals surface area contributed by atoms with E-state index >= 15 is 0 Å². The van der Waals surface area contributed by atoms with E-state index in [2.05, 4.69) is 24.4 Å². The van der Waals surface area contributed by atoms with Gasteiger partial charge in [-0.15, -0.1) is 0 Å². The SMILES string of the molecule is COc1cc2c(cc1OC)C(O)(CNC(=O)CCCc1ccccc1C)CC2. The number of nitrogens with one attached hydrogen (secondary N) is 1. The van der Waals surface area contributed by atoms with Crippen molar-refractivity contribution in [1.82, 2.24) is 5.32 Å². The van der Waals surface area contributed by atoms with Crippen LogP contribution in [0.2, 0.25) is 0 Å². The minimum absolute atomic E-state index is 0.0315. The molecule has 0 heterocycles. The minimum Gasteiger partial charge on any atom is -0.493 e. The van der Waals surface area contributed by atoms with Crippen LogP contribution in [0.4, 0.5) is 0 Å². The Hall–Kier alpha value is -2.53. The number of aliphatic hydroxyl groups is 1. The lowest BCUT2D eigenvalue weighted by atomic mass is 9.95. The number of carbonyl (C=O) groups is 1. The fourth-order valence-corrected chi connectivity index (χ4v) is 3.88. The molecule has 1 aliphatic rings. The topological polar surface area (TPSA) is 67.8 Å². The van der Waals surface area contributed by atoms with E-state index < -0.39 is 5.60 Å². The molecule has 1 aliphatic carbocycles. The molecule has 28 heavy (non-hydrogen) atoms. The summed E-state index contributed by atoms with van der Waals surface area (Å²) in [5.41, 5.74) is 3.31. The van der Waals surface area contributed by atoms with Gasteiger partial charge in [0.25, 0.3) is 0 Å². The summed E-state index contributed by atoms with van der Waals surface area (Å²) in [5.74, 6) is 1.22. The van der Waals surface area contributed by atoms with Crippen LogP contribution in [-0.4, -0.2) is 31.8 Å². The molecule has 2 aromatic rings. The number of amides is 1. The Labute approximate surface area is 166 Å². The molecular formula is C23H29NO4. The highest BCUT2D eigenvalue weighted by Crippen LogP contribution is 2.42. The molecular weight excluding hydrogens is 354 g/mol. The van der Waals surface area contributed by atoms with E-state index in [0.29, 0.717) is 24.3 Å². The van der Waals surface area contributed by atoms with Crippen molar-refractivity contribution in [3.63, 3.8) is 0 Å². The molecule has 2 N–H and O–H groups in total. The third-order valence-corrected chi connectivity index (χ3v) is 5.61. The van der Waals surface area contributed by atoms with Crippen molar-refractivity contribution in [2.24, 2.45) is 0 Å². The average molecular weight is 383 g/mol. The molecule has 0 bridgehead atoms. The Morgan fingerprint density at radius 1 is 1.18 bits per heavy atom. The van der Waals surface area contributed by atoms with Gasteiger partial charge in [-0.05, 0) is 67.0 Å². The molecule has 5 nitrogen and oxygen atoms in total. The largest absolute Gasteiger partial charge is 0.493 e. The van der Waals surface area contributed by atoms with Crippen molar-refractivity contribution in [2.45, 2.75) is 44.6 Å². The summed E-state index contributed by atoms with van der Waals surface area (Å²) in [7, 11) is 3.18. The lowest BCUT2D eigenvalue weighted by Gasteiger charge is -2.25. The number of hydrogen-bond acceptors (Lipinski definition) is 4. The highest BCUT2D eigenvalue weighted by atomic mass is 16.5. The van der Waals surface area contributed by atoms with E-state index in [-0.39, 0.29) is 12.5 Å². The second kappa shape index (κ2) is 8.65. The summed E-state index contributed by atoms with van der Waals surface area (Å²) in [5, 5.41) is 14.0. The van der Waals surface area contributed by atoms with Gasteiger partial charge in [-0.25, -0.2) is 0 Å². The maximum Gasteiger partial charge on any atom is 0.220 e. The maximum absolute atomic E-state index is 12.3. The van der Waals surface area contributed by atoms with E-state index in [1.54, 1.807) is 14.2 Å². The summed E-state index contributed by atoms with van der Waals surface area (Å²) >= 11 is 0. The zero-order valence-corrected chi connectivity index (χ0v) is 16.9. The molecule has 0 saturated heterocycles. The van der Waals surface area contributed by atoms with Crippen LogP contribution in [0.25, 0.3) is 0 Å². The number of rotatable bonds is 8. The van der Waals surface area contributed by atoms with E-state index in [0.717, 1.165) is 30.4 Å². The second-order valence-corrected chi connectivity index (χ2v) is 7.45. The zero-order valence-electron chi connectivity index (χ0n) is 16.9. The van der Waals surface area contributed by atoms with Gasteiger partial charge < -0.3 is 19.9 Å². The Bertz CT molecular complexity index is 848. The third kappa shape index (κ3) is 4.30. The second-order valence-electron chi connectivity index (χ2n) is 7.45. The molecule has 1 atom stereocenters. The maximum atomic E-state index is 12.3. The van der Waals surface area contributed by atoms with E-state index in [4.69, 9.17) is 9.47 Å². The fraction of sp³-hybridized carbons (Fsp3) is 0.435. The van der Waals surface area contributed by atoms with Crippen molar-refractivity contribution in [3.05, 3.63) is 58.7 Å². The van der Waals surface area contributed by atoms with Crippen LogP contribution < -0.4 is 14.8 Å². The van der Waals surface area contributed by atoms with Gasteiger partial charge in [0.05, 0.1) is 20.8 Å². The molecule has 0 aliphatic heterocycles. The smallest absolute Gasteiger partial charge is 0.220 e. The van der Waals surface area contributed by atoms with Gasteiger partial charge in [0.1, 0.15) is 5.60 Å². The Balaban J connectivity index is 1.56. The van der Waals surface area contributed by atoms with Crippen LogP contribution in [0.5, 0.6) is 11.5 Å². The molecule has 0 saturated carbocycles. The first-order chi connectivity index (χ1) is 13.5. The number of methoxy groups -OCH3 is 2. The molecule has 3 rings (SSSR count). The van der Waals surface area contributed by atoms with Crippen LogP contribution >= 0.6 is 0 Å². The standard InChI is InChI=1S/C23H29NO4/c1-16-7-4-5-8-17(16)9-6-10-22(25)24-15-23(26)12-11-18-13-20(27-2)21(28-3)14-19(18)23/h4-5,7-8,13-14,26H,6,9-12,15H2,1-3H3,(H,24,25). The third-order valence-electron chi connectivity index (χ3n) is 5.61. The molecule has 0 spiro atoms. The van der Waals surface area contributed by atoms with Crippen molar-refractivity contribution in [2.75, 3.05) is 20.8 Å². The Morgan fingerprint density at radius 3 is 2.61 bits per heavy atom. The molecule has 1 unspecified atom stereocenters. The number of hydrogen-bond donors (Lipinski definition) is 2. The fourth-order valence-electron chi connectivity index (χ4n) is 3.88. The number of carbonyl (C=O) groups excluding carboxylic acids is 1. The van der Waals surface area contributed by atoms with Gasteiger partial charge in [0.2, 0.25) is 5.91 Å². The highest BCUT2D eigenvalue weighted by Gasteiger charge is 2.38. The van der Waals surface area contributed by atoms with Crippen LogP contribution in [-0.2, 0) is 23.2 Å². The zero-order chi connectivity index (χ0) is 20.1. The van der Waals surface area contributed by atoms with Crippen molar-refractivity contribution >= 4 is 5.91 Å². The molecule has 0 radical (unpaired) electrons. The lowest BCUT2D eigenvalue weighted by molar-refractivity contribution is -0.122. The summed E-state index contributed by atoms with van der Waals surface area (Å²) in [6.07, 6.45) is 3.43. The van der Waals surface area contributed by atoms with Crippen LogP contribution in [0, 0.1) is 6.92 Å². The van der Waals surface area contributed by atoms with Gasteiger partial charge in [-0.1, -0.05) is 24.3 Å². The molecule has 1 amide bonds. The molecule has 5 heteroatoms. The summed E-state index contributed by atoms with van der Waals surface area (Å²) < 4.78 is 10.7. The normalized spacial score (nSPS) is 17.9. The predicted octanol–water partition coefficient (Wildman–Crippen LogP) is 3.29. The van der Waals surface area contributed by atoms with E-state index in [9.17, 15) is 9.90 Å². The molecule has 0 aromatic heterocycles. The minimum atomic E-state index is -1.07. The van der Waals surface area contributed by atoms with Gasteiger partial charge in [-0.2, -0.15) is 0 Å². The number of fused-ring (bicyclic) bond motifs is 1. The van der Waals surface area contributed by atoms with E-state index in [1.165, 1.54) is 11.1 Å². The molecule has 150 valence electrons. The van der Waals surface area contributed by atoms with Crippen molar-refractivity contribution in [3.8, 4) is 11.5 Å². The first-order valence-corrected chi connectivity index (χ1v) is 9.76. The van der Waals surface area contributed by atoms with Gasteiger partial charge in [0.15, 0.2) is 11.5 Å². The van der Waals surface area contributed by atoms with Crippen LogP contribution in [0.15, 0.2) is 36.4 Å². The first-order valence-electron chi connectivity index (χ1n) is 9.76. The average Bonchev–Trinajstić information content (AvgIpc) is 3.03. The van der Waals surface area contributed by atoms with Gasteiger partial charge in [-0.3, -0.25) is 4.79 Å². The number of benzene rings is 2. The monoisotopic (exact) mass is 383 g/mol. The van der Waals surface area contributed by atoms with Crippen molar-refractivity contribution in [1.29, 1.82) is 0 Å². The van der Waals surface area contributed by atoms with Crippen LogP contribution in [0.3, 0.4) is 0 Å². The summed E-state index contributed by atoms with van der Waals surface area (Å²) in [4.78, 5) is 12.3. The number of ether oxygens (including phenoxy) is 2. The van der Waals surface area contributed by atoms with Crippen LogP contribution in [0.1, 0.15) is 41.5 Å². The first kappa shape index (κ1) is 20.2. The highest BCUT2D eigenvalue weighted by molar-refractivity contribution is 5.76. The Kier molecular flexibility index (Phi) is 6.25. The van der Waals surface area contributed by atoms with Gasteiger partial charge in [0, 0.05) is 6.42 Å². The quantitative estimate of drug-likeness (QED) is 0.734. The summed E-state index contributed by atoms with van der Waals surface area (Å²) in [6.45, 7) is 2.30. The summed E-state index contributed by atoms with van der Waals surface area (Å²) in [6, 6.07) is 12.0. The van der Waals surface area contributed by atoms with E-state index in [1.807, 2.05) is 24.3 Å². The van der Waals surface area contributed by atoms with Crippen molar-refractivity contribution < 1.29 is 19.4 Å². The number of aryl methyl sites for hydroxylation is 3.